The van der Waals surface area contributed by atoms with Crippen molar-refractivity contribution < 1.29 is 39.9 Å². The number of amides is 1. The Labute approximate surface area is 224 Å². The Kier molecular flexibility index (Phi) is 9.60. The molecular formula is C25H33F5N4O4S. The first-order chi connectivity index (χ1) is 18.1. The zero-order valence-electron chi connectivity index (χ0n) is 22.2. The van der Waals surface area contributed by atoms with Crippen LogP contribution in [0.1, 0.15) is 61.3 Å². The molecule has 218 valence electrons. The molecule has 2 heterocycles. The molecule has 0 saturated heterocycles. The molecule has 39 heavy (non-hydrogen) atoms. The molecule has 1 aliphatic rings. The molecule has 0 radical (unpaired) electrons. The number of nitrogens with one attached hydrogen (secondary N) is 1. The Balaban J connectivity index is 1.83. The van der Waals surface area contributed by atoms with Crippen molar-refractivity contribution in [3.8, 4) is 17.0 Å². The van der Waals surface area contributed by atoms with Crippen LogP contribution in [0, 0.1) is 18.8 Å². The van der Waals surface area contributed by atoms with Gasteiger partial charge >= 0.3 is 12.8 Å². The summed E-state index contributed by atoms with van der Waals surface area (Å²) in [6.07, 6.45) is -0.223. The number of carbonyl (C=O) groups is 1. The first-order valence-corrected chi connectivity index (χ1v) is 14.6. The molecule has 0 bridgehead atoms. The van der Waals surface area contributed by atoms with Gasteiger partial charge in [0.25, 0.3) is 5.91 Å². The molecule has 3 rings (SSSR count). The number of rotatable bonds is 10. The standard InChI is InChI=1S/C25H33F5N4O4S/c1-5-34-22(19-13-31-17(10-14(2)25(28,29)30)11-20(19)38-24(26)27)15(3)21(33-34)23(35)32-12-16-6-8-18(9-7-16)39(4,36)37/h11,13-14,16,18,24H,5-10,12H2,1-4H3,(H,32,35)/t14-,16?,18?/m1/s1. The molecule has 1 atom stereocenters. The van der Waals surface area contributed by atoms with Gasteiger partial charge in [0.05, 0.1) is 22.4 Å². The Morgan fingerprint density at radius 3 is 2.41 bits per heavy atom. The highest BCUT2D eigenvalue weighted by Gasteiger charge is 2.36. The van der Waals surface area contributed by atoms with Crippen molar-refractivity contribution in [1.82, 2.24) is 20.1 Å². The van der Waals surface area contributed by atoms with E-state index in [1.807, 2.05) is 0 Å². The second-order valence-corrected chi connectivity index (χ2v) is 12.3. The largest absolute Gasteiger partial charge is 0.434 e. The maximum atomic E-state index is 13.2. The fourth-order valence-corrected chi connectivity index (χ4v) is 5.94. The van der Waals surface area contributed by atoms with Gasteiger partial charge in [-0.1, -0.05) is 6.92 Å². The topological polar surface area (TPSA) is 103 Å². The first-order valence-electron chi connectivity index (χ1n) is 12.7. The number of ether oxygens (including phenoxy) is 1. The maximum Gasteiger partial charge on any atom is 0.391 e. The van der Waals surface area contributed by atoms with E-state index in [9.17, 15) is 35.2 Å². The van der Waals surface area contributed by atoms with E-state index < -0.39 is 40.9 Å². The molecule has 0 unspecified atom stereocenters. The smallest absolute Gasteiger partial charge is 0.391 e. The molecule has 1 N–H and O–H groups in total. The van der Waals surface area contributed by atoms with Gasteiger partial charge in [0, 0.05) is 49.3 Å². The molecule has 0 aliphatic heterocycles. The molecule has 1 amide bonds. The second-order valence-electron chi connectivity index (χ2n) is 10.0. The van der Waals surface area contributed by atoms with Gasteiger partial charge in [-0.25, -0.2) is 8.42 Å². The minimum atomic E-state index is -4.48. The zero-order valence-corrected chi connectivity index (χ0v) is 23.0. The monoisotopic (exact) mass is 580 g/mol. The Hall–Kier alpha value is -2.77. The van der Waals surface area contributed by atoms with Gasteiger partial charge in [0.2, 0.25) is 0 Å². The lowest BCUT2D eigenvalue weighted by molar-refractivity contribution is -0.169. The number of alkyl halides is 5. The van der Waals surface area contributed by atoms with Crippen LogP contribution in [0.15, 0.2) is 12.3 Å². The predicted octanol–water partition coefficient (Wildman–Crippen LogP) is 4.95. The Morgan fingerprint density at radius 2 is 1.87 bits per heavy atom. The summed E-state index contributed by atoms with van der Waals surface area (Å²) in [4.78, 5) is 17.1. The highest BCUT2D eigenvalue weighted by molar-refractivity contribution is 7.91. The van der Waals surface area contributed by atoms with Gasteiger partial charge < -0.3 is 10.1 Å². The number of pyridine rings is 1. The van der Waals surface area contributed by atoms with Crippen LogP contribution in [0.2, 0.25) is 0 Å². The number of carbonyl (C=O) groups excluding carboxylic acids is 1. The van der Waals surface area contributed by atoms with E-state index >= 15 is 0 Å². The molecule has 0 aromatic carbocycles. The number of aromatic nitrogens is 3. The van der Waals surface area contributed by atoms with Crippen LogP contribution >= 0.6 is 0 Å². The molecule has 14 heteroatoms. The van der Waals surface area contributed by atoms with Crippen molar-refractivity contribution >= 4 is 15.7 Å². The number of hydrogen-bond acceptors (Lipinski definition) is 6. The number of halogens is 5. The minimum absolute atomic E-state index is 0.0643. The molecular weight excluding hydrogens is 547 g/mol. The average Bonchev–Trinajstić information content (AvgIpc) is 3.17. The van der Waals surface area contributed by atoms with E-state index in [0.717, 1.165) is 19.2 Å². The quantitative estimate of drug-likeness (QED) is 0.399. The van der Waals surface area contributed by atoms with Gasteiger partial charge in [-0.2, -0.15) is 27.1 Å². The van der Waals surface area contributed by atoms with Crippen molar-refractivity contribution in [3.05, 3.63) is 29.2 Å². The van der Waals surface area contributed by atoms with E-state index in [4.69, 9.17) is 0 Å². The van der Waals surface area contributed by atoms with E-state index in [-0.39, 0.29) is 46.1 Å². The summed E-state index contributed by atoms with van der Waals surface area (Å²) in [6, 6.07) is 1.06. The third-order valence-electron chi connectivity index (χ3n) is 7.12. The summed E-state index contributed by atoms with van der Waals surface area (Å²) in [7, 11) is -3.10. The van der Waals surface area contributed by atoms with Gasteiger partial charge in [-0.3, -0.25) is 14.5 Å². The Bertz CT molecular complexity index is 1270. The number of sulfone groups is 1. The Morgan fingerprint density at radius 1 is 1.23 bits per heavy atom. The lowest BCUT2D eigenvalue weighted by Gasteiger charge is -2.27. The maximum absolute atomic E-state index is 13.2. The number of nitrogens with zero attached hydrogens (tertiary/aromatic N) is 3. The van der Waals surface area contributed by atoms with E-state index in [1.165, 1.54) is 10.9 Å². The molecule has 0 spiro atoms. The van der Waals surface area contributed by atoms with Gasteiger partial charge in [0.15, 0.2) is 5.69 Å². The van der Waals surface area contributed by atoms with Gasteiger partial charge in [0.1, 0.15) is 15.6 Å². The summed E-state index contributed by atoms with van der Waals surface area (Å²) >= 11 is 0. The molecule has 1 fully saturated rings. The van der Waals surface area contributed by atoms with Crippen LogP contribution in [-0.2, 0) is 22.8 Å². The number of aryl methyl sites for hydroxylation is 1. The van der Waals surface area contributed by atoms with E-state index in [1.54, 1.807) is 13.8 Å². The number of hydrogen-bond donors (Lipinski definition) is 1. The van der Waals surface area contributed by atoms with Crippen LogP contribution < -0.4 is 10.1 Å². The summed E-state index contributed by atoms with van der Waals surface area (Å²) in [6.45, 7) is 1.65. The lowest BCUT2D eigenvalue weighted by Crippen LogP contribution is -2.34. The zero-order chi connectivity index (χ0) is 29.1. The van der Waals surface area contributed by atoms with Gasteiger partial charge in [-0.15, -0.1) is 0 Å². The second kappa shape index (κ2) is 12.2. The summed E-state index contributed by atoms with van der Waals surface area (Å²) in [5, 5.41) is 6.81. The average molecular weight is 581 g/mol. The first kappa shape index (κ1) is 30.8. The van der Waals surface area contributed by atoms with Crippen LogP contribution in [0.4, 0.5) is 22.0 Å². The van der Waals surface area contributed by atoms with Crippen molar-refractivity contribution in [3.63, 3.8) is 0 Å². The van der Waals surface area contributed by atoms with Crippen LogP contribution in [0.25, 0.3) is 11.3 Å². The van der Waals surface area contributed by atoms with E-state index in [2.05, 4.69) is 20.1 Å². The summed E-state index contributed by atoms with van der Waals surface area (Å²) < 4.78 is 95.1. The third kappa shape index (κ3) is 7.67. The summed E-state index contributed by atoms with van der Waals surface area (Å²) in [5.41, 5.74) is 0.725. The lowest BCUT2D eigenvalue weighted by atomic mass is 9.89. The van der Waals surface area contributed by atoms with Crippen molar-refractivity contribution in [1.29, 1.82) is 0 Å². The van der Waals surface area contributed by atoms with Crippen LogP contribution in [0.5, 0.6) is 5.75 Å². The molecule has 1 saturated carbocycles. The highest BCUT2D eigenvalue weighted by Crippen LogP contribution is 2.36. The molecule has 8 nitrogen and oxygen atoms in total. The third-order valence-corrected chi connectivity index (χ3v) is 8.80. The van der Waals surface area contributed by atoms with Crippen LogP contribution in [-0.4, -0.2) is 59.9 Å². The van der Waals surface area contributed by atoms with Crippen molar-refractivity contribution in [2.24, 2.45) is 11.8 Å². The molecule has 2 aromatic heterocycles. The minimum Gasteiger partial charge on any atom is -0.434 e. The summed E-state index contributed by atoms with van der Waals surface area (Å²) in [5.74, 6) is -2.47. The van der Waals surface area contributed by atoms with Crippen molar-refractivity contribution in [2.45, 2.75) is 77.5 Å². The van der Waals surface area contributed by atoms with Crippen LogP contribution in [0.3, 0.4) is 0 Å². The fourth-order valence-electron chi connectivity index (χ4n) is 4.81. The highest BCUT2D eigenvalue weighted by atomic mass is 32.2. The molecule has 2 aromatic rings. The molecule has 1 aliphatic carbocycles. The predicted molar refractivity (Wildman–Crippen MR) is 134 cm³/mol. The normalized spacial score (nSPS) is 19.2. The van der Waals surface area contributed by atoms with E-state index in [0.29, 0.717) is 37.8 Å². The van der Waals surface area contributed by atoms with Crippen molar-refractivity contribution in [2.75, 3.05) is 12.8 Å². The van der Waals surface area contributed by atoms with Gasteiger partial charge in [-0.05, 0) is 45.4 Å². The SMILES string of the molecule is CCn1nc(C(=O)NCC2CCC(S(C)(=O)=O)CC2)c(C)c1-c1cnc(C[C@@H](C)C(F)(F)F)cc1OC(F)F. The fraction of sp³-hybridized carbons (Fsp3) is 0.640.